The van der Waals surface area contributed by atoms with Gasteiger partial charge < -0.3 is 20.4 Å². The van der Waals surface area contributed by atoms with E-state index in [0.717, 1.165) is 29.2 Å². The maximum atomic E-state index is 14.9. The lowest BCUT2D eigenvalue weighted by Crippen LogP contribution is -2.52. The second-order valence-electron chi connectivity index (χ2n) is 7.68. The van der Waals surface area contributed by atoms with Crippen molar-refractivity contribution >= 4 is 23.2 Å². The smallest absolute Gasteiger partial charge is 0.352 e. The van der Waals surface area contributed by atoms with Crippen molar-refractivity contribution in [1.82, 2.24) is 4.90 Å². The number of anilines is 1. The molecule has 0 unspecified atom stereocenters. The summed E-state index contributed by atoms with van der Waals surface area (Å²) in [5, 5.41) is 21.5. The van der Waals surface area contributed by atoms with Crippen LogP contribution in [0.25, 0.3) is 4.85 Å². The molecule has 33 heavy (non-hydrogen) atoms. The Bertz CT molecular complexity index is 1130. The highest BCUT2D eigenvalue weighted by atomic mass is 19.3. The van der Waals surface area contributed by atoms with Crippen molar-refractivity contribution in [3.8, 4) is 0 Å². The Kier molecular flexibility index (Phi) is 6.71. The van der Waals surface area contributed by atoms with Crippen molar-refractivity contribution in [1.29, 1.82) is 0 Å². The molecule has 0 atom stereocenters. The van der Waals surface area contributed by atoms with Crippen LogP contribution in [0.5, 0.6) is 0 Å². The molecule has 1 aliphatic rings. The number of piperidine rings is 1. The van der Waals surface area contributed by atoms with Crippen LogP contribution in [0.15, 0.2) is 36.4 Å². The topological polar surface area (TPSA) is 94.2 Å². The molecule has 2 aromatic rings. The van der Waals surface area contributed by atoms with Crippen LogP contribution < -0.4 is 5.32 Å². The van der Waals surface area contributed by atoms with Crippen LogP contribution in [-0.2, 0) is 10.7 Å². The molecule has 7 nitrogen and oxygen atoms in total. The summed E-state index contributed by atoms with van der Waals surface area (Å²) < 4.78 is 57.6. The highest BCUT2D eigenvalue weighted by Gasteiger charge is 2.48. The molecule has 0 aromatic heterocycles. The fraction of sp³-hybridized carbons (Fsp3) is 0.318. The van der Waals surface area contributed by atoms with Crippen LogP contribution in [-0.4, -0.2) is 52.2 Å². The molecule has 1 fully saturated rings. The summed E-state index contributed by atoms with van der Waals surface area (Å²) in [5.74, 6) is -9.14. The van der Waals surface area contributed by atoms with E-state index in [9.17, 15) is 32.3 Å². The summed E-state index contributed by atoms with van der Waals surface area (Å²) in [6.45, 7) is 5.78. The van der Waals surface area contributed by atoms with E-state index in [-0.39, 0.29) is 42.9 Å². The zero-order valence-electron chi connectivity index (χ0n) is 17.1. The average Bonchev–Trinajstić information content (AvgIpc) is 2.80. The first-order valence-corrected chi connectivity index (χ1v) is 9.79. The monoisotopic (exact) mass is 465 g/mol. The molecular formula is C22H19F4N3O4. The normalized spacial score (nSPS) is 15.6. The summed E-state index contributed by atoms with van der Waals surface area (Å²) in [4.78, 5) is 28.6. The van der Waals surface area contributed by atoms with Gasteiger partial charge in [-0.1, -0.05) is 0 Å². The predicted octanol–water partition coefficient (Wildman–Crippen LogP) is 3.21. The number of amides is 2. The third kappa shape index (κ3) is 4.97. The zero-order chi connectivity index (χ0) is 24.4. The maximum Gasteiger partial charge on any atom is 0.352 e. The lowest BCUT2D eigenvalue weighted by molar-refractivity contribution is -0.164. The van der Waals surface area contributed by atoms with Gasteiger partial charge >= 0.3 is 5.92 Å². The summed E-state index contributed by atoms with van der Waals surface area (Å²) in [6.07, 6.45) is -0.249. The number of nitrogens with one attached hydrogen (secondary N) is 1. The number of carbonyl (C=O) groups excluding carboxylic acids is 2. The molecule has 1 heterocycles. The summed E-state index contributed by atoms with van der Waals surface area (Å²) in [7, 11) is 0. The molecule has 3 N–H and O–H groups in total. The van der Waals surface area contributed by atoms with Crippen LogP contribution in [0.3, 0.4) is 0 Å². The molecule has 2 amide bonds. The molecule has 0 aliphatic carbocycles. The zero-order valence-corrected chi connectivity index (χ0v) is 17.1. The Hall–Kier alpha value is -3.49. The molecule has 0 spiro atoms. The van der Waals surface area contributed by atoms with Crippen molar-refractivity contribution in [3.63, 3.8) is 0 Å². The Morgan fingerprint density at radius 2 is 1.76 bits per heavy atom. The summed E-state index contributed by atoms with van der Waals surface area (Å²) in [5.41, 5.74) is -3.50. The van der Waals surface area contributed by atoms with Crippen molar-refractivity contribution in [2.45, 2.75) is 24.4 Å². The van der Waals surface area contributed by atoms with Gasteiger partial charge in [-0.05, 0) is 49.2 Å². The van der Waals surface area contributed by atoms with Crippen LogP contribution in [0.1, 0.15) is 28.8 Å². The van der Waals surface area contributed by atoms with E-state index in [0.29, 0.717) is 12.1 Å². The maximum absolute atomic E-state index is 14.9. The fourth-order valence-electron chi connectivity index (χ4n) is 3.38. The van der Waals surface area contributed by atoms with Crippen LogP contribution in [0.2, 0.25) is 0 Å². The first kappa shape index (κ1) is 24.2. The van der Waals surface area contributed by atoms with E-state index < -0.39 is 47.1 Å². The van der Waals surface area contributed by atoms with Gasteiger partial charge in [0.1, 0.15) is 11.6 Å². The Balaban J connectivity index is 1.82. The summed E-state index contributed by atoms with van der Waals surface area (Å²) in [6, 6.07) is 5.27. The number of nitrogens with zero attached hydrogens (tertiary/aromatic N) is 2. The lowest BCUT2D eigenvalue weighted by Gasteiger charge is -2.38. The highest BCUT2D eigenvalue weighted by Crippen LogP contribution is 2.35. The Morgan fingerprint density at radius 1 is 1.12 bits per heavy atom. The molecule has 174 valence electrons. The molecule has 1 saturated heterocycles. The molecule has 3 rings (SSSR count). The number of hydrogen-bond acceptors (Lipinski definition) is 4. The number of rotatable bonds is 5. The number of carbonyl (C=O) groups is 2. The molecule has 0 radical (unpaired) electrons. The van der Waals surface area contributed by atoms with Crippen molar-refractivity contribution in [3.05, 3.63) is 70.6 Å². The third-order valence-corrected chi connectivity index (χ3v) is 5.44. The molecule has 2 aromatic carbocycles. The third-order valence-electron chi connectivity index (χ3n) is 5.44. The van der Waals surface area contributed by atoms with Crippen LogP contribution in [0.4, 0.5) is 28.9 Å². The van der Waals surface area contributed by atoms with Gasteiger partial charge in [0, 0.05) is 24.3 Å². The quantitative estimate of drug-likeness (QED) is 0.467. The average molecular weight is 465 g/mol. The summed E-state index contributed by atoms with van der Waals surface area (Å²) >= 11 is 0. The number of hydrogen-bond donors (Lipinski definition) is 3. The largest absolute Gasteiger partial charge is 0.393 e. The lowest BCUT2D eigenvalue weighted by atomic mass is 9.91. The van der Waals surface area contributed by atoms with E-state index in [1.807, 2.05) is 0 Å². The van der Waals surface area contributed by atoms with Gasteiger partial charge in [-0.2, -0.15) is 8.78 Å². The van der Waals surface area contributed by atoms with Gasteiger partial charge in [0.15, 0.2) is 0 Å². The molecule has 0 bridgehead atoms. The molecule has 1 aliphatic heterocycles. The second kappa shape index (κ2) is 9.17. The second-order valence-corrected chi connectivity index (χ2v) is 7.68. The van der Waals surface area contributed by atoms with Crippen LogP contribution >= 0.6 is 0 Å². The number of aliphatic hydroxyl groups is 2. The van der Waals surface area contributed by atoms with Crippen molar-refractivity contribution in [2.75, 3.05) is 25.0 Å². The minimum absolute atomic E-state index is 0.0193. The van der Waals surface area contributed by atoms with Gasteiger partial charge in [-0.3, -0.25) is 9.59 Å². The van der Waals surface area contributed by atoms with Gasteiger partial charge in [0.25, 0.3) is 11.8 Å². The number of halogens is 4. The predicted molar refractivity (Wildman–Crippen MR) is 109 cm³/mol. The van der Waals surface area contributed by atoms with Gasteiger partial charge in [-0.15, -0.1) is 0 Å². The minimum atomic E-state index is -4.30. The minimum Gasteiger partial charge on any atom is -0.393 e. The van der Waals surface area contributed by atoms with Crippen LogP contribution in [0, 0.1) is 18.2 Å². The van der Waals surface area contributed by atoms with Gasteiger partial charge in [0.05, 0.1) is 24.3 Å². The van der Waals surface area contributed by atoms with E-state index in [2.05, 4.69) is 10.2 Å². The SMILES string of the molecule is [C-]#[N+]c1cc(NC(=O)c2ccc(F)c(C(F)(F)C(=O)N3CCC(O)(CO)CC3)c2)ccc1F. The number of aliphatic hydroxyl groups excluding tert-OH is 1. The first-order chi connectivity index (χ1) is 15.5. The first-order valence-electron chi connectivity index (χ1n) is 9.79. The van der Waals surface area contributed by atoms with E-state index in [4.69, 9.17) is 11.7 Å². The molecule has 11 heteroatoms. The Morgan fingerprint density at radius 3 is 2.36 bits per heavy atom. The van der Waals surface area contributed by atoms with Crippen molar-refractivity contribution < 1.29 is 37.4 Å². The standard InChI is InChI=1S/C22H19F4N3O4/c1-27-18-11-14(3-5-17(18)24)28-19(31)13-2-4-16(23)15(10-13)22(25,26)20(32)29-8-6-21(33,12-30)7-9-29/h2-5,10-11,30,33H,6-9,12H2,(H,28,31). The Labute approximate surface area is 186 Å². The molecular weight excluding hydrogens is 446 g/mol. The number of alkyl halides is 2. The highest BCUT2D eigenvalue weighted by molar-refractivity contribution is 6.04. The van der Waals surface area contributed by atoms with E-state index >= 15 is 0 Å². The molecule has 0 saturated carbocycles. The fourth-order valence-corrected chi connectivity index (χ4v) is 3.38. The van der Waals surface area contributed by atoms with Gasteiger partial charge in [0.2, 0.25) is 5.69 Å². The van der Waals surface area contributed by atoms with Crippen molar-refractivity contribution in [2.24, 2.45) is 0 Å². The number of likely N-dealkylation sites (tertiary alicyclic amines) is 1. The van der Waals surface area contributed by atoms with Gasteiger partial charge in [-0.25, -0.2) is 13.6 Å². The number of benzene rings is 2. The van der Waals surface area contributed by atoms with E-state index in [1.54, 1.807) is 0 Å². The van der Waals surface area contributed by atoms with E-state index in [1.165, 1.54) is 0 Å².